The van der Waals surface area contributed by atoms with Crippen LogP contribution in [0.1, 0.15) is 39.3 Å². The fourth-order valence-electron chi connectivity index (χ4n) is 1.87. The lowest BCUT2D eigenvalue weighted by Crippen LogP contribution is -2.35. The fraction of sp³-hybridized carbons (Fsp3) is 0.625. The number of nitrogens with one attached hydrogen (secondary N) is 1. The molecule has 0 aliphatic rings. The summed E-state index contributed by atoms with van der Waals surface area (Å²) in [5.41, 5.74) is 0.444. The third kappa shape index (κ3) is 6.42. The van der Waals surface area contributed by atoms with Crippen molar-refractivity contribution in [3.05, 3.63) is 29.6 Å². The number of ether oxygens (including phenoxy) is 2. The maximum atomic E-state index is 13.3. The zero-order chi connectivity index (χ0) is 16.0. The predicted octanol–water partition coefficient (Wildman–Crippen LogP) is 2.66. The highest BCUT2D eigenvalue weighted by atomic mass is 19.1. The van der Waals surface area contributed by atoms with Crippen molar-refractivity contribution in [2.75, 3.05) is 20.3 Å². The molecule has 21 heavy (non-hydrogen) atoms. The summed E-state index contributed by atoms with van der Waals surface area (Å²) in [6, 6.07) is 4.26. The van der Waals surface area contributed by atoms with Gasteiger partial charge in [0.05, 0.1) is 25.4 Å². The first-order chi connectivity index (χ1) is 9.73. The minimum absolute atomic E-state index is 0.139. The maximum Gasteiger partial charge on any atom is 0.123 e. The first-order valence-electron chi connectivity index (χ1n) is 7.12. The molecule has 5 heteroatoms. The molecule has 1 aromatic carbocycles. The number of aliphatic hydroxyl groups excluding tert-OH is 1. The zero-order valence-corrected chi connectivity index (χ0v) is 13.4. The molecule has 1 rings (SSSR count). The highest BCUT2D eigenvalue weighted by Crippen LogP contribution is 2.25. The molecule has 0 fully saturated rings. The van der Waals surface area contributed by atoms with E-state index in [2.05, 4.69) is 5.32 Å². The van der Waals surface area contributed by atoms with Gasteiger partial charge in [-0.1, -0.05) is 0 Å². The van der Waals surface area contributed by atoms with Gasteiger partial charge >= 0.3 is 0 Å². The van der Waals surface area contributed by atoms with Gasteiger partial charge in [0, 0.05) is 18.2 Å². The Hall–Kier alpha value is -1.17. The van der Waals surface area contributed by atoms with Crippen LogP contribution in [0.3, 0.4) is 0 Å². The number of hydrogen-bond donors (Lipinski definition) is 2. The molecule has 120 valence electrons. The molecule has 0 aliphatic carbocycles. The largest absolute Gasteiger partial charge is 0.496 e. The molecule has 0 aliphatic heterocycles. The summed E-state index contributed by atoms with van der Waals surface area (Å²) in [4.78, 5) is 0. The Labute approximate surface area is 126 Å². The van der Waals surface area contributed by atoms with Gasteiger partial charge in [-0.25, -0.2) is 4.39 Å². The number of rotatable bonds is 7. The van der Waals surface area contributed by atoms with Crippen LogP contribution in [0.4, 0.5) is 4.39 Å². The van der Waals surface area contributed by atoms with Crippen LogP contribution in [-0.4, -0.2) is 37.1 Å². The normalized spacial score (nSPS) is 14.8. The van der Waals surface area contributed by atoms with Crippen molar-refractivity contribution in [3.8, 4) is 5.75 Å². The summed E-state index contributed by atoms with van der Waals surface area (Å²) in [7, 11) is 1.55. The summed E-state index contributed by atoms with van der Waals surface area (Å²) < 4.78 is 24.1. The van der Waals surface area contributed by atoms with Crippen molar-refractivity contribution in [1.82, 2.24) is 5.32 Å². The van der Waals surface area contributed by atoms with Gasteiger partial charge in [-0.05, 0) is 45.9 Å². The molecule has 0 spiro atoms. The fourth-order valence-corrected chi connectivity index (χ4v) is 1.87. The van der Waals surface area contributed by atoms with E-state index in [-0.39, 0.29) is 24.1 Å². The first-order valence-corrected chi connectivity index (χ1v) is 7.12. The maximum absolute atomic E-state index is 13.3. The molecule has 2 atom stereocenters. The van der Waals surface area contributed by atoms with Gasteiger partial charge in [-0.3, -0.25) is 0 Å². The molecule has 4 nitrogen and oxygen atoms in total. The van der Waals surface area contributed by atoms with Gasteiger partial charge in [0.1, 0.15) is 11.6 Å². The molecule has 1 aromatic rings. The summed E-state index contributed by atoms with van der Waals surface area (Å²) >= 11 is 0. The first kappa shape index (κ1) is 17.9. The van der Waals surface area contributed by atoms with E-state index in [0.717, 1.165) is 5.56 Å². The lowest BCUT2D eigenvalue weighted by atomic mass is 10.1. The van der Waals surface area contributed by atoms with Gasteiger partial charge in [0.2, 0.25) is 0 Å². The van der Waals surface area contributed by atoms with E-state index in [4.69, 9.17) is 9.47 Å². The highest BCUT2D eigenvalue weighted by Gasteiger charge is 2.16. The number of aliphatic hydroxyl groups is 1. The van der Waals surface area contributed by atoms with Gasteiger partial charge in [-0.2, -0.15) is 0 Å². The van der Waals surface area contributed by atoms with Gasteiger partial charge in [0.15, 0.2) is 0 Å². The van der Waals surface area contributed by atoms with Crippen molar-refractivity contribution >= 4 is 0 Å². The molecule has 0 bridgehead atoms. The second kappa shape index (κ2) is 7.73. The van der Waals surface area contributed by atoms with Crippen LogP contribution in [0, 0.1) is 5.82 Å². The highest BCUT2D eigenvalue weighted by molar-refractivity contribution is 5.36. The van der Waals surface area contributed by atoms with Crippen LogP contribution in [0.15, 0.2) is 18.2 Å². The molecule has 0 heterocycles. The van der Waals surface area contributed by atoms with Crippen molar-refractivity contribution in [3.63, 3.8) is 0 Å². The molecular formula is C16H26FNO3. The molecule has 0 saturated heterocycles. The number of halogens is 1. The Morgan fingerprint density at radius 1 is 1.33 bits per heavy atom. The van der Waals surface area contributed by atoms with E-state index in [1.807, 2.05) is 27.7 Å². The zero-order valence-electron chi connectivity index (χ0n) is 13.4. The van der Waals surface area contributed by atoms with Crippen molar-refractivity contribution in [2.45, 2.75) is 45.4 Å². The average molecular weight is 299 g/mol. The van der Waals surface area contributed by atoms with Crippen LogP contribution in [-0.2, 0) is 4.74 Å². The second-order valence-corrected chi connectivity index (χ2v) is 6.09. The molecule has 0 saturated carbocycles. The lowest BCUT2D eigenvalue weighted by molar-refractivity contribution is -0.0483. The van der Waals surface area contributed by atoms with Crippen molar-refractivity contribution in [1.29, 1.82) is 0 Å². The molecular weight excluding hydrogens is 273 g/mol. The van der Waals surface area contributed by atoms with E-state index < -0.39 is 6.10 Å². The Bertz CT molecular complexity index is 446. The topological polar surface area (TPSA) is 50.7 Å². The molecule has 2 unspecified atom stereocenters. The summed E-state index contributed by atoms with van der Waals surface area (Å²) in [5.74, 6) is 0.313. The summed E-state index contributed by atoms with van der Waals surface area (Å²) in [5, 5.41) is 13.1. The Morgan fingerprint density at radius 3 is 2.57 bits per heavy atom. The summed E-state index contributed by atoms with van der Waals surface area (Å²) in [6.07, 6.45) is -0.619. The Kier molecular flexibility index (Phi) is 6.58. The number of methoxy groups -OCH3 is 1. The van der Waals surface area contributed by atoms with Gasteiger partial charge < -0.3 is 19.9 Å². The predicted molar refractivity (Wildman–Crippen MR) is 81.1 cm³/mol. The van der Waals surface area contributed by atoms with E-state index in [1.54, 1.807) is 13.2 Å². The SMILES string of the molecule is COc1ccc(F)cc1C(C)NCC(O)COC(C)(C)C. The minimum Gasteiger partial charge on any atom is -0.496 e. The van der Waals surface area contributed by atoms with E-state index in [1.165, 1.54) is 12.1 Å². The third-order valence-electron chi connectivity index (χ3n) is 3.03. The monoisotopic (exact) mass is 299 g/mol. The van der Waals surface area contributed by atoms with Crippen LogP contribution in [0.2, 0.25) is 0 Å². The quantitative estimate of drug-likeness (QED) is 0.813. The second-order valence-electron chi connectivity index (χ2n) is 6.09. The van der Waals surface area contributed by atoms with E-state index >= 15 is 0 Å². The van der Waals surface area contributed by atoms with Crippen LogP contribution >= 0.6 is 0 Å². The van der Waals surface area contributed by atoms with Gasteiger partial charge in [0.25, 0.3) is 0 Å². The van der Waals surface area contributed by atoms with E-state index in [0.29, 0.717) is 12.3 Å². The minimum atomic E-state index is -0.619. The smallest absolute Gasteiger partial charge is 0.123 e. The lowest BCUT2D eigenvalue weighted by Gasteiger charge is -2.23. The molecule has 0 aromatic heterocycles. The standard InChI is InChI=1S/C16H26FNO3/c1-11(14-8-12(17)6-7-15(14)20-5)18-9-13(19)10-21-16(2,3)4/h6-8,11,13,18-19H,9-10H2,1-5H3. The van der Waals surface area contributed by atoms with Crippen molar-refractivity contribution < 1.29 is 19.0 Å². The molecule has 0 amide bonds. The van der Waals surface area contributed by atoms with E-state index in [9.17, 15) is 9.50 Å². The third-order valence-corrected chi connectivity index (χ3v) is 3.03. The Morgan fingerprint density at radius 2 is 2.00 bits per heavy atom. The number of benzene rings is 1. The van der Waals surface area contributed by atoms with Gasteiger partial charge in [-0.15, -0.1) is 0 Å². The average Bonchev–Trinajstić information content (AvgIpc) is 2.41. The number of hydrogen-bond acceptors (Lipinski definition) is 4. The van der Waals surface area contributed by atoms with Crippen molar-refractivity contribution in [2.24, 2.45) is 0 Å². The summed E-state index contributed by atoms with van der Waals surface area (Å²) in [6.45, 7) is 8.32. The van der Waals surface area contributed by atoms with Crippen LogP contribution in [0.5, 0.6) is 5.75 Å². The molecule has 0 radical (unpaired) electrons. The Balaban J connectivity index is 2.53. The molecule has 2 N–H and O–H groups in total. The van der Waals surface area contributed by atoms with Crippen LogP contribution in [0.25, 0.3) is 0 Å². The van der Waals surface area contributed by atoms with Crippen LogP contribution < -0.4 is 10.1 Å².